The molecule has 5 N–H and O–H groups in total. The van der Waals surface area contributed by atoms with Crippen molar-refractivity contribution in [2.45, 2.75) is 12.5 Å². The Kier molecular flexibility index (Phi) is 3.72. The molecule has 106 valence electrons. The first-order valence-electron chi connectivity index (χ1n) is 6.64. The molecule has 1 unspecified atom stereocenters. The predicted molar refractivity (Wildman–Crippen MR) is 82.0 cm³/mol. The van der Waals surface area contributed by atoms with Gasteiger partial charge in [-0.25, -0.2) is 4.98 Å². The zero-order chi connectivity index (χ0) is 14.7. The lowest BCUT2D eigenvalue weighted by molar-refractivity contribution is 0.552. The molecule has 21 heavy (non-hydrogen) atoms. The van der Waals surface area contributed by atoms with Crippen molar-refractivity contribution in [1.82, 2.24) is 20.4 Å². The number of hydrogen-bond donors (Lipinski definition) is 3. The van der Waals surface area contributed by atoms with E-state index in [2.05, 4.69) is 20.4 Å². The molecule has 0 fully saturated rings. The van der Waals surface area contributed by atoms with Crippen LogP contribution in [-0.4, -0.2) is 15.0 Å². The summed E-state index contributed by atoms with van der Waals surface area (Å²) in [5, 5.41) is 0. The van der Waals surface area contributed by atoms with Crippen LogP contribution in [0.3, 0.4) is 0 Å². The van der Waals surface area contributed by atoms with Crippen LogP contribution in [0.25, 0.3) is 11.0 Å². The number of anilines is 1. The molecule has 0 saturated heterocycles. The maximum Gasteiger partial charge on any atom is 0.126 e. The van der Waals surface area contributed by atoms with E-state index in [4.69, 9.17) is 11.6 Å². The van der Waals surface area contributed by atoms with Crippen molar-refractivity contribution in [1.29, 1.82) is 0 Å². The maximum atomic E-state index is 5.89. The molecule has 0 aliphatic heterocycles. The molecule has 2 heterocycles. The third kappa shape index (κ3) is 2.81. The van der Waals surface area contributed by atoms with Crippen molar-refractivity contribution in [3.8, 4) is 0 Å². The molecule has 6 heteroatoms. The highest BCUT2D eigenvalue weighted by Crippen LogP contribution is 2.22. The summed E-state index contributed by atoms with van der Waals surface area (Å²) in [6.45, 7) is 0. The van der Waals surface area contributed by atoms with Crippen molar-refractivity contribution in [3.63, 3.8) is 0 Å². The molecule has 6 nitrogen and oxygen atoms in total. The average molecular weight is 280 g/mol. The van der Waals surface area contributed by atoms with Crippen LogP contribution < -0.4 is 17.0 Å². The van der Waals surface area contributed by atoms with Crippen LogP contribution in [0.4, 0.5) is 5.82 Å². The first-order valence-corrected chi connectivity index (χ1v) is 6.64. The molecule has 0 aliphatic rings. The van der Waals surface area contributed by atoms with Crippen LogP contribution in [0, 0.1) is 0 Å². The number of nitrogens with two attached hydrogens (primary N) is 2. The number of pyridine rings is 1. The maximum absolute atomic E-state index is 5.89. The van der Waals surface area contributed by atoms with Gasteiger partial charge in [0.15, 0.2) is 0 Å². The summed E-state index contributed by atoms with van der Waals surface area (Å²) in [6, 6.07) is 9.67. The van der Waals surface area contributed by atoms with E-state index < -0.39 is 0 Å². The fourth-order valence-corrected chi connectivity index (χ4v) is 2.31. The first-order chi connectivity index (χ1) is 10.3. The fraction of sp³-hybridized carbons (Fsp3) is 0.133. The van der Waals surface area contributed by atoms with Gasteiger partial charge in [-0.2, -0.15) is 0 Å². The zero-order valence-electron chi connectivity index (χ0n) is 11.4. The van der Waals surface area contributed by atoms with Gasteiger partial charge < -0.3 is 5.73 Å². The van der Waals surface area contributed by atoms with Crippen LogP contribution in [0.1, 0.15) is 17.2 Å². The highest BCUT2D eigenvalue weighted by molar-refractivity contribution is 5.74. The second kappa shape index (κ2) is 5.82. The molecule has 0 saturated carbocycles. The van der Waals surface area contributed by atoms with Crippen LogP contribution in [0.5, 0.6) is 0 Å². The molecular formula is C15H16N6. The molecular weight excluding hydrogens is 264 g/mol. The summed E-state index contributed by atoms with van der Waals surface area (Å²) in [7, 11) is 0. The van der Waals surface area contributed by atoms with E-state index in [1.54, 1.807) is 18.6 Å². The van der Waals surface area contributed by atoms with Crippen molar-refractivity contribution in [2.75, 3.05) is 5.73 Å². The summed E-state index contributed by atoms with van der Waals surface area (Å²) >= 11 is 0. The van der Waals surface area contributed by atoms with E-state index in [9.17, 15) is 0 Å². The van der Waals surface area contributed by atoms with Gasteiger partial charge in [-0.1, -0.05) is 12.1 Å². The van der Waals surface area contributed by atoms with Gasteiger partial charge in [-0.3, -0.25) is 21.2 Å². The van der Waals surface area contributed by atoms with Crippen LogP contribution in [0.15, 0.2) is 48.9 Å². The Morgan fingerprint density at radius 2 is 1.81 bits per heavy atom. The van der Waals surface area contributed by atoms with Gasteiger partial charge in [-0.15, -0.1) is 0 Å². The third-order valence-electron chi connectivity index (χ3n) is 3.45. The minimum absolute atomic E-state index is 0.0668. The normalized spacial score (nSPS) is 12.4. The number of aromatic nitrogens is 3. The lowest BCUT2D eigenvalue weighted by atomic mass is 9.99. The number of benzene rings is 1. The van der Waals surface area contributed by atoms with E-state index in [-0.39, 0.29) is 6.04 Å². The van der Waals surface area contributed by atoms with E-state index in [1.807, 2.05) is 30.3 Å². The Bertz CT molecular complexity index is 758. The minimum atomic E-state index is -0.0668. The second-order valence-electron chi connectivity index (χ2n) is 4.78. The Hall–Kier alpha value is -2.57. The average Bonchev–Trinajstić information content (AvgIpc) is 2.54. The van der Waals surface area contributed by atoms with Crippen molar-refractivity contribution in [3.05, 3.63) is 60.0 Å². The quantitative estimate of drug-likeness (QED) is 0.492. The molecule has 0 bridgehead atoms. The minimum Gasteiger partial charge on any atom is -0.383 e. The fourth-order valence-electron chi connectivity index (χ4n) is 2.31. The highest BCUT2D eigenvalue weighted by atomic mass is 15.2. The monoisotopic (exact) mass is 280 g/mol. The number of hydrogen-bond acceptors (Lipinski definition) is 6. The molecule has 0 aliphatic carbocycles. The van der Waals surface area contributed by atoms with Gasteiger partial charge in [-0.05, 0) is 35.7 Å². The van der Waals surface area contributed by atoms with Crippen molar-refractivity contribution >= 4 is 16.9 Å². The number of nitrogen functional groups attached to an aromatic ring is 1. The van der Waals surface area contributed by atoms with Crippen LogP contribution in [0.2, 0.25) is 0 Å². The Morgan fingerprint density at radius 3 is 2.57 bits per heavy atom. The molecule has 1 atom stereocenters. The lowest BCUT2D eigenvalue weighted by Crippen LogP contribution is -2.29. The van der Waals surface area contributed by atoms with E-state index in [0.29, 0.717) is 12.2 Å². The predicted octanol–water partition coefficient (Wildman–Crippen LogP) is 1.35. The number of nitrogens with one attached hydrogen (secondary N) is 1. The Morgan fingerprint density at radius 1 is 1.00 bits per heavy atom. The Labute approximate surface area is 122 Å². The van der Waals surface area contributed by atoms with Crippen molar-refractivity contribution < 1.29 is 0 Å². The number of rotatable bonds is 4. The molecule has 3 rings (SSSR count). The third-order valence-corrected chi connectivity index (χ3v) is 3.45. The number of fused-ring (bicyclic) bond motifs is 1. The standard InChI is InChI=1S/C15H16N6/c16-15-11(2-1-5-20-15)9-13(21-17)10-3-4-12-14(8-10)19-7-6-18-12/h1-8,13,21H,9,17H2,(H2,16,20). The lowest BCUT2D eigenvalue weighted by Gasteiger charge is -2.17. The summed E-state index contributed by atoms with van der Waals surface area (Å²) in [5.74, 6) is 6.23. The zero-order valence-corrected chi connectivity index (χ0v) is 11.4. The molecule has 3 aromatic rings. The van der Waals surface area contributed by atoms with E-state index in [0.717, 1.165) is 22.2 Å². The van der Waals surface area contributed by atoms with Crippen LogP contribution in [-0.2, 0) is 6.42 Å². The number of hydrazine groups is 1. The van der Waals surface area contributed by atoms with Gasteiger partial charge >= 0.3 is 0 Å². The van der Waals surface area contributed by atoms with Crippen molar-refractivity contribution in [2.24, 2.45) is 5.84 Å². The van der Waals surface area contributed by atoms with Gasteiger partial charge in [0.2, 0.25) is 0 Å². The summed E-state index contributed by atoms with van der Waals surface area (Å²) < 4.78 is 0. The van der Waals surface area contributed by atoms with Gasteiger partial charge in [0, 0.05) is 18.6 Å². The van der Waals surface area contributed by atoms with Gasteiger partial charge in [0.1, 0.15) is 5.82 Å². The van der Waals surface area contributed by atoms with Gasteiger partial charge in [0.25, 0.3) is 0 Å². The molecule has 2 aromatic heterocycles. The topological polar surface area (TPSA) is 103 Å². The van der Waals surface area contributed by atoms with E-state index in [1.165, 1.54) is 0 Å². The Balaban J connectivity index is 1.93. The van der Waals surface area contributed by atoms with Crippen LogP contribution >= 0.6 is 0 Å². The number of nitrogens with zero attached hydrogens (tertiary/aromatic N) is 3. The smallest absolute Gasteiger partial charge is 0.126 e. The summed E-state index contributed by atoms with van der Waals surface area (Å²) in [6.07, 6.45) is 5.68. The largest absolute Gasteiger partial charge is 0.383 e. The summed E-state index contributed by atoms with van der Waals surface area (Å²) in [5.41, 5.74) is 12.4. The molecule has 0 spiro atoms. The summed E-state index contributed by atoms with van der Waals surface area (Å²) in [4.78, 5) is 12.7. The first kappa shape index (κ1) is 13.4. The van der Waals surface area contributed by atoms with E-state index >= 15 is 0 Å². The van der Waals surface area contributed by atoms with Gasteiger partial charge in [0.05, 0.1) is 17.1 Å². The SMILES string of the molecule is NNC(Cc1cccnc1N)c1ccc2nccnc2c1. The second-order valence-corrected chi connectivity index (χ2v) is 4.78. The molecule has 0 amide bonds. The molecule has 0 radical (unpaired) electrons. The molecule has 1 aromatic carbocycles. The highest BCUT2D eigenvalue weighted by Gasteiger charge is 2.13.